The molecule has 1 saturated carbocycles. The standard InChI is InChI=1S/C18H24N2O/c1-4-18(3)16(12-17(18)21-5-2)20-14-8-9-15-13(11-14)7-6-10-19-15/h6-11,16-17,20H,4-5,12H2,1-3H3. The van der Waals surface area contributed by atoms with E-state index in [0.29, 0.717) is 12.1 Å². The van der Waals surface area contributed by atoms with Crippen LogP contribution < -0.4 is 5.32 Å². The highest BCUT2D eigenvalue weighted by Crippen LogP contribution is 2.47. The molecule has 112 valence electrons. The van der Waals surface area contributed by atoms with Crippen LogP contribution in [-0.2, 0) is 4.74 Å². The average molecular weight is 284 g/mol. The minimum absolute atomic E-state index is 0.222. The zero-order chi connectivity index (χ0) is 14.9. The lowest BCUT2D eigenvalue weighted by Crippen LogP contribution is -2.59. The van der Waals surface area contributed by atoms with Gasteiger partial charge < -0.3 is 10.1 Å². The molecule has 0 spiro atoms. The van der Waals surface area contributed by atoms with Gasteiger partial charge in [0.2, 0.25) is 0 Å². The van der Waals surface area contributed by atoms with Crippen LogP contribution in [0.4, 0.5) is 5.69 Å². The Labute approximate surface area is 126 Å². The molecule has 1 aromatic heterocycles. The summed E-state index contributed by atoms with van der Waals surface area (Å²) in [7, 11) is 0. The van der Waals surface area contributed by atoms with E-state index >= 15 is 0 Å². The van der Waals surface area contributed by atoms with Crippen molar-refractivity contribution >= 4 is 16.6 Å². The van der Waals surface area contributed by atoms with Crippen molar-refractivity contribution in [2.75, 3.05) is 11.9 Å². The summed E-state index contributed by atoms with van der Waals surface area (Å²) in [5.74, 6) is 0. The topological polar surface area (TPSA) is 34.1 Å². The molecule has 0 radical (unpaired) electrons. The first-order valence-corrected chi connectivity index (χ1v) is 7.90. The van der Waals surface area contributed by atoms with Gasteiger partial charge in [0.25, 0.3) is 0 Å². The average Bonchev–Trinajstić information content (AvgIpc) is 2.53. The maximum Gasteiger partial charge on any atom is 0.0703 e. The first-order chi connectivity index (χ1) is 10.2. The van der Waals surface area contributed by atoms with Crippen molar-refractivity contribution < 1.29 is 4.74 Å². The first-order valence-electron chi connectivity index (χ1n) is 7.90. The third-order valence-corrected chi connectivity index (χ3v) is 5.05. The van der Waals surface area contributed by atoms with Crippen LogP contribution in [0.25, 0.3) is 10.9 Å². The molecule has 1 fully saturated rings. The Morgan fingerprint density at radius 1 is 1.33 bits per heavy atom. The zero-order valence-electron chi connectivity index (χ0n) is 13.1. The van der Waals surface area contributed by atoms with E-state index in [1.54, 1.807) is 0 Å². The van der Waals surface area contributed by atoms with Crippen molar-refractivity contribution in [3.05, 3.63) is 36.5 Å². The zero-order valence-corrected chi connectivity index (χ0v) is 13.1. The molecular weight excluding hydrogens is 260 g/mol. The van der Waals surface area contributed by atoms with Crippen molar-refractivity contribution in [1.29, 1.82) is 0 Å². The molecule has 3 rings (SSSR count). The molecule has 1 aliphatic carbocycles. The second-order valence-corrected chi connectivity index (χ2v) is 6.15. The molecular formula is C18H24N2O. The normalized spacial score (nSPS) is 28.3. The van der Waals surface area contributed by atoms with E-state index in [-0.39, 0.29) is 5.41 Å². The second kappa shape index (κ2) is 5.64. The Balaban J connectivity index is 1.76. The number of anilines is 1. The van der Waals surface area contributed by atoms with Crippen LogP contribution >= 0.6 is 0 Å². The summed E-state index contributed by atoms with van der Waals surface area (Å²) in [5, 5.41) is 4.87. The Morgan fingerprint density at radius 3 is 2.95 bits per heavy atom. The molecule has 1 aromatic carbocycles. The lowest BCUT2D eigenvalue weighted by molar-refractivity contribution is -0.109. The van der Waals surface area contributed by atoms with Gasteiger partial charge in [-0.25, -0.2) is 0 Å². The number of nitrogens with one attached hydrogen (secondary N) is 1. The SMILES string of the molecule is CCOC1CC(Nc2ccc3ncccc3c2)C1(C)CC. The summed E-state index contributed by atoms with van der Waals surface area (Å²) >= 11 is 0. The summed E-state index contributed by atoms with van der Waals surface area (Å²) < 4.78 is 5.87. The molecule has 3 unspecified atom stereocenters. The lowest BCUT2D eigenvalue weighted by Gasteiger charge is -2.54. The van der Waals surface area contributed by atoms with Crippen LogP contribution in [0, 0.1) is 5.41 Å². The van der Waals surface area contributed by atoms with Crippen LogP contribution in [0.3, 0.4) is 0 Å². The third-order valence-electron chi connectivity index (χ3n) is 5.05. The van der Waals surface area contributed by atoms with Crippen molar-refractivity contribution in [3.63, 3.8) is 0 Å². The van der Waals surface area contributed by atoms with Gasteiger partial charge in [-0.3, -0.25) is 4.98 Å². The van der Waals surface area contributed by atoms with Gasteiger partial charge in [-0.1, -0.05) is 19.9 Å². The quantitative estimate of drug-likeness (QED) is 0.891. The Hall–Kier alpha value is -1.61. The minimum atomic E-state index is 0.222. The number of ether oxygens (including phenoxy) is 1. The van der Waals surface area contributed by atoms with Gasteiger partial charge in [0, 0.05) is 35.3 Å². The molecule has 3 heteroatoms. The van der Waals surface area contributed by atoms with Crippen LogP contribution in [0.5, 0.6) is 0 Å². The smallest absolute Gasteiger partial charge is 0.0703 e. The molecule has 0 amide bonds. The van der Waals surface area contributed by atoms with Crippen LogP contribution in [0.2, 0.25) is 0 Å². The summed E-state index contributed by atoms with van der Waals surface area (Å²) in [6.45, 7) is 7.46. The Bertz CT molecular complexity index is 627. The third kappa shape index (κ3) is 2.51. The molecule has 3 nitrogen and oxygen atoms in total. The fraction of sp³-hybridized carbons (Fsp3) is 0.500. The Kier molecular flexibility index (Phi) is 3.85. The maximum atomic E-state index is 5.87. The highest BCUT2D eigenvalue weighted by Gasteiger charge is 2.51. The van der Waals surface area contributed by atoms with E-state index in [9.17, 15) is 0 Å². The summed E-state index contributed by atoms with van der Waals surface area (Å²) in [6.07, 6.45) is 4.43. The fourth-order valence-corrected chi connectivity index (χ4v) is 3.34. The van der Waals surface area contributed by atoms with E-state index in [4.69, 9.17) is 4.74 Å². The van der Waals surface area contributed by atoms with E-state index in [2.05, 4.69) is 55.3 Å². The first kappa shape index (κ1) is 14.3. The van der Waals surface area contributed by atoms with Gasteiger partial charge in [-0.2, -0.15) is 0 Å². The molecule has 0 saturated heterocycles. The van der Waals surface area contributed by atoms with Gasteiger partial charge >= 0.3 is 0 Å². The van der Waals surface area contributed by atoms with Crippen molar-refractivity contribution in [2.45, 2.75) is 45.8 Å². The maximum absolute atomic E-state index is 5.87. The number of hydrogen-bond acceptors (Lipinski definition) is 3. The second-order valence-electron chi connectivity index (χ2n) is 6.15. The molecule has 1 aliphatic rings. The van der Waals surface area contributed by atoms with E-state index < -0.39 is 0 Å². The summed E-state index contributed by atoms with van der Waals surface area (Å²) in [4.78, 5) is 4.37. The highest BCUT2D eigenvalue weighted by atomic mass is 16.5. The predicted molar refractivity (Wildman–Crippen MR) is 87.6 cm³/mol. The van der Waals surface area contributed by atoms with Crippen molar-refractivity contribution in [2.24, 2.45) is 5.41 Å². The molecule has 1 heterocycles. The molecule has 3 atom stereocenters. The Morgan fingerprint density at radius 2 is 2.19 bits per heavy atom. The molecule has 0 aliphatic heterocycles. The summed E-state index contributed by atoms with van der Waals surface area (Å²) in [5.41, 5.74) is 2.44. The number of rotatable bonds is 5. The summed E-state index contributed by atoms with van der Waals surface area (Å²) in [6, 6.07) is 11.0. The van der Waals surface area contributed by atoms with E-state index in [1.165, 1.54) is 11.1 Å². The number of hydrogen-bond donors (Lipinski definition) is 1. The van der Waals surface area contributed by atoms with Gasteiger partial charge in [-0.15, -0.1) is 0 Å². The number of pyridine rings is 1. The van der Waals surface area contributed by atoms with E-state index in [1.807, 2.05) is 12.3 Å². The molecule has 1 N–H and O–H groups in total. The number of aromatic nitrogens is 1. The number of fused-ring (bicyclic) bond motifs is 1. The monoisotopic (exact) mass is 284 g/mol. The highest BCUT2D eigenvalue weighted by molar-refractivity contribution is 5.82. The van der Waals surface area contributed by atoms with E-state index in [0.717, 1.165) is 25.0 Å². The van der Waals surface area contributed by atoms with Crippen LogP contribution in [0.1, 0.15) is 33.6 Å². The van der Waals surface area contributed by atoms with Crippen LogP contribution in [0.15, 0.2) is 36.5 Å². The minimum Gasteiger partial charge on any atom is -0.382 e. The van der Waals surface area contributed by atoms with Crippen molar-refractivity contribution in [1.82, 2.24) is 4.98 Å². The lowest BCUT2D eigenvalue weighted by atomic mass is 9.61. The molecule has 0 bridgehead atoms. The molecule has 21 heavy (non-hydrogen) atoms. The number of benzene rings is 1. The fourth-order valence-electron chi connectivity index (χ4n) is 3.34. The van der Waals surface area contributed by atoms with Gasteiger partial charge in [-0.05, 0) is 44.0 Å². The molecule has 2 aromatic rings. The van der Waals surface area contributed by atoms with Gasteiger partial charge in [0.15, 0.2) is 0 Å². The van der Waals surface area contributed by atoms with Gasteiger partial charge in [0.05, 0.1) is 11.6 Å². The largest absolute Gasteiger partial charge is 0.382 e. The van der Waals surface area contributed by atoms with Crippen LogP contribution in [-0.4, -0.2) is 23.7 Å². The number of nitrogens with zero attached hydrogens (tertiary/aromatic N) is 1. The van der Waals surface area contributed by atoms with Crippen molar-refractivity contribution in [3.8, 4) is 0 Å². The van der Waals surface area contributed by atoms with Gasteiger partial charge in [0.1, 0.15) is 0 Å². The predicted octanol–water partition coefficient (Wildman–Crippen LogP) is 4.24.